The van der Waals surface area contributed by atoms with Gasteiger partial charge in [-0.15, -0.1) is 0 Å². The van der Waals surface area contributed by atoms with Crippen LogP contribution < -0.4 is 4.74 Å². The number of phenols is 2. The summed E-state index contributed by atoms with van der Waals surface area (Å²) in [4.78, 5) is 24.1. The zero-order valence-electron chi connectivity index (χ0n) is 16.4. The van der Waals surface area contributed by atoms with Crippen molar-refractivity contribution >= 4 is 12.1 Å². The molecule has 146 valence electrons. The highest BCUT2D eigenvalue weighted by molar-refractivity contribution is 6.05. The van der Waals surface area contributed by atoms with Gasteiger partial charge in [0, 0.05) is 17.9 Å². The fourth-order valence-electron chi connectivity index (χ4n) is 4.26. The first-order chi connectivity index (χ1) is 12.7. The Labute approximate surface area is 160 Å². The Morgan fingerprint density at radius 3 is 2.67 bits per heavy atom. The van der Waals surface area contributed by atoms with Crippen molar-refractivity contribution in [2.24, 2.45) is 17.8 Å². The van der Waals surface area contributed by atoms with Crippen LogP contribution in [0.5, 0.6) is 17.2 Å². The van der Waals surface area contributed by atoms with Crippen LogP contribution in [0.3, 0.4) is 0 Å². The second-order valence-electron chi connectivity index (χ2n) is 8.27. The van der Waals surface area contributed by atoms with Gasteiger partial charge in [0.15, 0.2) is 12.1 Å². The molecule has 0 unspecified atom stereocenters. The summed E-state index contributed by atoms with van der Waals surface area (Å²) >= 11 is 0. The van der Waals surface area contributed by atoms with E-state index in [9.17, 15) is 19.8 Å². The number of carbonyl (C=O) groups excluding carboxylic acids is 2. The molecule has 1 aromatic carbocycles. The number of aldehydes is 1. The van der Waals surface area contributed by atoms with Crippen LogP contribution >= 0.6 is 0 Å². The summed E-state index contributed by atoms with van der Waals surface area (Å²) < 4.78 is 6.27. The lowest BCUT2D eigenvalue weighted by Crippen LogP contribution is -2.47. The number of Topliss-reactive ketones (excluding diaryl/α,β-unsaturated/α-hetero) is 1. The number of allylic oxidation sites excluding steroid dienone is 1. The number of ether oxygens (including phenoxy) is 1. The molecule has 1 aromatic rings. The van der Waals surface area contributed by atoms with Crippen molar-refractivity contribution in [1.29, 1.82) is 0 Å². The summed E-state index contributed by atoms with van der Waals surface area (Å²) in [6, 6.07) is 0. The second-order valence-corrected chi connectivity index (χ2v) is 8.27. The van der Waals surface area contributed by atoms with Gasteiger partial charge in [-0.3, -0.25) is 9.59 Å². The minimum atomic E-state index is -0.610. The maximum Gasteiger partial charge on any atom is 0.170 e. The van der Waals surface area contributed by atoms with E-state index in [0.29, 0.717) is 36.5 Å². The summed E-state index contributed by atoms with van der Waals surface area (Å²) in [6.07, 6.45) is 6.86. The number of ketones is 1. The van der Waals surface area contributed by atoms with Crippen molar-refractivity contribution in [3.05, 3.63) is 28.8 Å². The quantitative estimate of drug-likeness (QED) is 0.454. The lowest BCUT2D eigenvalue weighted by Gasteiger charge is -2.45. The molecule has 5 nitrogen and oxygen atoms in total. The zero-order chi connectivity index (χ0) is 19.9. The normalized spacial score (nSPS) is 26.3. The molecule has 0 fully saturated rings. The average Bonchev–Trinajstić information content (AvgIpc) is 2.60. The Bertz CT molecular complexity index is 808. The SMILES string of the molecule is CCCC(=O)c1c(O)c(C=O)c(O)c2c1O[C@]1(C)C=C[C@@H](C(C)C)C[C@@H]1C2. The molecular formula is C22H28O5. The predicted octanol–water partition coefficient (Wildman–Crippen LogP) is 4.44. The Morgan fingerprint density at radius 1 is 1.37 bits per heavy atom. The highest BCUT2D eigenvalue weighted by Crippen LogP contribution is 2.52. The number of aromatic hydroxyl groups is 2. The zero-order valence-corrected chi connectivity index (χ0v) is 16.4. The van der Waals surface area contributed by atoms with Gasteiger partial charge in [-0.25, -0.2) is 0 Å². The molecule has 2 N–H and O–H groups in total. The monoisotopic (exact) mass is 372 g/mol. The van der Waals surface area contributed by atoms with Gasteiger partial charge >= 0.3 is 0 Å². The van der Waals surface area contributed by atoms with Crippen molar-refractivity contribution in [3.63, 3.8) is 0 Å². The minimum Gasteiger partial charge on any atom is -0.507 e. The minimum absolute atomic E-state index is 0.0193. The van der Waals surface area contributed by atoms with E-state index in [1.54, 1.807) is 0 Å². The van der Waals surface area contributed by atoms with Gasteiger partial charge in [-0.05, 0) is 44.1 Å². The van der Waals surface area contributed by atoms with Crippen LogP contribution in [0.25, 0.3) is 0 Å². The molecule has 0 spiro atoms. The Kier molecular flexibility index (Phi) is 5.06. The molecule has 0 saturated heterocycles. The van der Waals surface area contributed by atoms with Gasteiger partial charge in [0.1, 0.15) is 28.4 Å². The van der Waals surface area contributed by atoms with E-state index in [1.807, 2.05) is 19.9 Å². The summed E-state index contributed by atoms with van der Waals surface area (Å²) in [5, 5.41) is 21.1. The van der Waals surface area contributed by atoms with Crippen molar-refractivity contribution < 1.29 is 24.5 Å². The van der Waals surface area contributed by atoms with E-state index >= 15 is 0 Å². The highest BCUT2D eigenvalue weighted by atomic mass is 16.5. The summed E-state index contributed by atoms with van der Waals surface area (Å²) in [5.74, 6) is 0.208. The molecule has 1 heterocycles. The van der Waals surface area contributed by atoms with Crippen LogP contribution in [0.2, 0.25) is 0 Å². The number of hydrogen-bond donors (Lipinski definition) is 2. The molecule has 1 aliphatic carbocycles. The molecule has 2 aliphatic rings. The molecular weight excluding hydrogens is 344 g/mol. The number of carbonyl (C=O) groups is 2. The first-order valence-electron chi connectivity index (χ1n) is 9.70. The molecule has 1 aliphatic heterocycles. The number of phenolic OH excluding ortho intramolecular Hbond substituents is 2. The molecule has 27 heavy (non-hydrogen) atoms. The van der Waals surface area contributed by atoms with Crippen LogP contribution in [0.15, 0.2) is 12.2 Å². The van der Waals surface area contributed by atoms with Crippen LogP contribution in [0.4, 0.5) is 0 Å². The maximum atomic E-state index is 12.7. The largest absolute Gasteiger partial charge is 0.507 e. The topological polar surface area (TPSA) is 83.8 Å². The summed E-state index contributed by atoms with van der Waals surface area (Å²) in [7, 11) is 0. The lowest BCUT2D eigenvalue weighted by molar-refractivity contribution is 0.0299. The highest BCUT2D eigenvalue weighted by Gasteiger charge is 2.45. The van der Waals surface area contributed by atoms with Crippen molar-refractivity contribution in [2.45, 2.75) is 59.0 Å². The number of fused-ring (bicyclic) bond motifs is 2. The van der Waals surface area contributed by atoms with Crippen LogP contribution in [-0.2, 0) is 6.42 Å². The molecule has 0 amide bonds. The average molecular weight is 372 g/mol. The standard InChI is InChI=1S/C22H28O5/c1-5-6-17(24)18-20(26)16(11-23)19(25)15-10-14-9-13(12(2)3)7-8-22(14,4)27-21(15)18/h7-8,11-14,25-26H,5-6,9-10H2,1-4H3/t13-,14-,22-/m1/s1. The first-order valence-corrected chi connectivity index (χ1v) is 9.70. The van der Waals surface area contributed by atoms with E-state index in [4.69, 9.17) is 4.74 Å². The van der Waals surface area contributed by atoms with E-state index in [2.05, 4.69) is 19.9 Å². The summed E-state index contributed by atoms with van der Waals surface area (Å²) in [5.41, 5.74) is -0.367. The molecule has 0 radical (unpaired) electrons. The van der Waals surface area contributed by atoms with Gasteiger partial charge in [0.2, 0.25) is 0 Å². The summed E-state index contributed by atoms with van der Waals surface area (Å²) in [6.45, 7) is 8.20. The number of benzene rings is 1. The number of hydrogen-bond acceptors (Lipinski definition) is 5. The van der Waals surface area contributed by atoms with E-state index in [-0.39, 0.29) is 40.7 Å². The first kappa shape index (κ1) is 19.5. The maximum absolute atomic E-state index is 12.7. The molecule has 0 aromatic heterocycles. The smallest absolute Gasteiger partial charge is 0.170 e. The van der Waals surface area contributed by atoms with Crippen LogP contribution in [0.1, 0.15) is 73.2 Å². The van der Waals surface area contributed by atoms with Crippen molar-refractivity contribution in [1.82, 2.24) is 0 Å². The third-order valence-electron chi connectivity index (χ3n) is 6.08. The van der Waals surface area contributed by atoms with Gasteiger partial charge in [-0.2, -0.15) is 0 Å². The third-order valence-corrected chi connectivity index (χ3v) is 6.08. The Balaban J connectivity index is 2.16. The van der Waals surface area contributed by atoms with E-state index in [0.717, 1.165) is 6.42 Å². The van der Waals surface area contributed by atoms with Crippen LogP contribution in [-0.4, -0.2) is 27.9 Å². The fraction of sp³-hybridized carbons (Fsp3) is 0.545. The molecule has 0 saturated carbocycles. The predicted molar refractivity (Wildman–Crippen MR) is 103 cm³/mol. The molecule has 5 heteroatoms. The fourth-order valence-corrected chi connectivity index (χ4v) is 4.26. The molecule has 3 rings (SSSR count). The Morgan fingerprint density at radius 2 is 2.07 bits per heavy atom. The third kappa shape index (κ3) is 3.13. The van der Waals surface area contributed by atoms with Gasteiger partial charge < -0.3 is 14.9 Å². The van der Waals surface area contributed by atoms with E-state index in [1.165, 1.54) is 0 Å². The van der Waals surface area contributed by atoms with Gasteiger partial charge in [-0.1, -0.05) is 26.8 Å². The van der Waals surface area contributed by atoms with Crippen molar-refractivity contribution in [3.8, 4) is 17.2 Å². The lowest BCUT2D eigenvalue weighted by atomic mass is 9.69. The molecule has 0 bridgehead atoms. The van der Waals surface area contributed by atoms with Crippen LogP contribution in [0, 0.1) is 17.8 Å². The number of rotatable bonds is 5. The van der Waals surface area contributed by atoms with E-state index < -0.39 is 11.4 Å². The van der Waals surface area contributed by atoms with Gasteiger partial charge in [0.05, 0.1) is 5.56 Å². The molecule has 3 atom stereocenters. The second kappa shape index (κ2) is 7.02. The van der Waals surface area contributed by atoms with Gasteiger partial charge in [0.25, 0.3) is 0 Å². The Hall–Kier alpha value is -2.30. The van der Waals surface area contributed by atoms with Crippen molar-refractivity contribution in [2.75, 3.05) is 0 Å².